The number of nitriles is 1. The van der Waals surface area contributed by atoms with Crippen LogP contribution in [0.25, 0.3) is 0 Å². The highest BCUT2D eigenvalue weighted by Gasteiger charge is 2.28. The van der Waals surface area contributed by atoms with E-state index in [0.717, 1.165) is 18.9 Å². The van der Waals surface area contributed by atoms with E-state index in [1.54, 1.807) is 6.07 Å². The van der Waals surface area contributed by atoms with Crippen molar-refractivity contribution in [2.45, 2.75) is 6.04 Å². The van der Waals surface area contributed by atoms with Crippen LogP contribution in [0.4, 0.5) is 5.82 Å². The fourth-order valence-electron chi connectivity index (χ4n) is 1.63. The predicted molar refractivity (Wildman–Crippen MR) is 58.6 cm³/mol. The van der Waals surface area contributed by atoms with Crippen LogP contribution in [0.3, 0.4) is 0 Å². The highest BCUT2D eigenvalue weighted by atomic mass is 15.3. The van der Waals surface area contributed by atoms with Crippen molar-refractivity contribution >= 4 is 5.82 Å². The molecule has 0 bridgehead atoms. The second kappa shape index (κ2) is 3.87. The Kier molecular flexibility index (Phi) is 2.57. The van der Waals surface area contributed by atoms with Gasteiger partial charge in [-0.25, -0.2) is 4.98 Å². The summed E-state index contributed by atoms with van der Waals surface area (Å²) in [7, 11) is 4.17. The maximum absolute atomic E-state index is 8.74. The SMILES string of the molecule is CN(C)C1CN(c2cccc(C#N)n2)C1. The molecule has 1 aromatic rings. The van der Waals surface area contributed by atoms with E-state index in [-0.39, 0.29) is 0 Å². The monoisotopic (exact) mass is 202 g/mol. The zero-order chi connectivity index (χ0) is 10.8. The fourth-order valence-corrected chi connectivity index (χ4v) is 1.63. The van der Waals surface area contributed by atoms with Crippen LogP contribution in [0.1, 0.15) is 5.69 Å². The van der Waals surface area contributed by atoms with Gasteiger partial charge in [0.15, 0.2) is 0 Å². The molecule has 4 nitrogen and oxygen atoms in total. The summed E-state index contributed by atoms with van der Waals surface area (Å²) in [6, 6.07) is 8.22. The van der Waals surface area contributed by atoms with E-state index in [9.17, 15) is 0 Å². The first-order valence-electron chi connectivity index (χ1n) is 4.99. The van der Waals surface area contributed by atoms with Gasteiger partial charge in [0.1, 0.15) is 17.6 Å². The van der Waals surface area contributed by atoms with E-state index in [1.807, 2.05) is 12.1 Å². The van der Waals surface area contributed by atoms with E-state index in [2.05, 4.69) is 34.9 Å². The van der Waals surface area contributed by atoms with Gasteiger partial charge in [-0.3, -0.25) is 0 Å². The summed E-state index contributed by atoms with van der Waals surface area (Å²) in [6.07, 6.45) is 0. The summed E-state index contributed by atoms with van der Waals surface area (Å²) >= 11 is 0. The molecule has 1 fully saturated rings. The Bertz CT molecular complexity index is 388. The Hall–Kier alpha value is -1.60. The van der Waals surface area contributed by atoms with E-state index >= 15 is 0 Å². The maximum atomic E-state index is 8.74. The van der Waals surface area contributed by atoms with Gasteiger partial charge in [-0.1, -0.05) is 6.07 Å². The average molecular weight is 202 g/mol. The Labute approximate surface area is 89.7 Å². The van der Waals surface area contributed by atoms with Gasteiger partial charge in [-0.05, 0) is 26.2 Å². The van der Waals surface area contributed by atoms with Crippen molar-refractivity contribution in [3.63, 3.8) is 0 Å². The van der Waals surface area contributed by atoms with Crippen LogP contribution >= 0.6 is 0 Å². The van der Waals surface area contributed by atoms with Crippen LogP contribution in [0, 0.1) is 11.3 Å². The zero-order valence-electron chi connectivity index (χ0n) is 9.01. The molecule has 0 atom stereocenters. The molecular weight excluding hydrogens is 188 g/mol. The van der Waals surface area contributed by atoms with Gasteiger partial charge in [0.2, 0.25) is 0 Å². The molecule has 2 heterocycles. The van der Waals surface area contributed by atoms with Gasteiger partial charge in [0.25, 0.3) is 0 Å². The summed E-state index contributed by atoms with van der Waals surface area (Å²) in [5, 5.41) is 8.74. The molecule has 15 heavy (non-hydrogen) atoms. The number of aromatic nitrogens is 1. The van der Waals surface area contributed by atoms with Crippen molar-refractivity contribution in [1.82, 2.24) is 9.88 Å². The highest BCUT2D eigenvalue weighted by molar-refractivity contribution is 5.44. The molecule has 0 aliphatic carbocycles. The molecule has 0 radical (unpaired) electrons. The molecule has 1 saturated heterocycles. The molecule has 1 aliphatic rings. The highest BCUT2D eigenvalue weighted by Crippen LogP contribution is 2.20. The van der Waals surface area contributed by atoms with Gasteiger partial charge in [-0.2, -0.15) is 5.26 Å². The Morgan fingerprint density at radius 1 is 1.47 bits per heavy atom. The molecule has 0 N–H and O–H groups in total. The van der Waals surface area contributed by atoms with Crippen molar-refractivity contribution in [3.05, 3.63) is 23.9 Å². The third-order valence-electron chi connectivity index (χ3n) is 2.77. The molecule has 0 amide bonds. The van der Waals surface area contributed by atoms with Gasteiger partial charge < -0.3 is 9.80 Å². The number of hydrogen-bond donors (Lipinski definition) is 0. The normalized spacial score (nSPS) is 16.3. The Balaban J connectivity index is 2.04. The van der Waals surface area contributed by atoms with Gasteiger partial charge in [0.05, 0.1) is 0 Å². The number of rotatable bonds is 2. The fraction of sp³-hybridized carbons (Fsp3) is 0.455. The van der Waals surface area contributed by atoms with Crippen molar-refractivity contribution < 1.29 is 0 Å². The smallest absolute Gasteiger partial charge is 0.142 e. The first-order valence-corrected chi connectivity index (χ1v) is 4.99. The van der Waals surface area contributed by atoms with Crippen molar-refractivity contribution in [1.29, 1.82) is 5.26 Å². The standard InChI is InChI=1S/C11H14N4/c1-14(2)10-7-15(8-10)11-5-3-4-9(6-12)13-11/h3-5,10H,7-8H2,1-2H3. The summed E-state index contributed by atoms with van der Waals surface area (Å²) in [5.41, 5.74) is 0.487. The first-order chi connectivity index (χ1) is 7.20. The largest absolute Gasteiger partial charge is 0.353 e. The maximum Gasteiger partial charge on any atom is 0.142 e. The van der Waals surface area contributed by atoms with E-state index in [1.165, 1.54) is 0 Å². The zero-order valence-corrected chi connectivity index (χ0v) is 9.01. The van der Waals surface area contributed by atoms with Crippen molar-refractivity contribution in [2.24, 2.45) is 0 Å². The minimum Gasteiger partial charge on any atom is -0.353 e. The van der Waals surface area contributed by atoms with Crippen molar-refractivity contribution in [3.8, 4) is 6.07 Å². The van der Waals surface area contributed by atoms with Crippen LogP contribution in [-0.2, 0) is 0 Å². The second-order valence-electron chi connectivity index (χ2n) is 4.02. The lowest BCUT2D eigenvalue weighted by molar-refractivity contribution is 0.246. The number of anilines is 1. The molecule has 1 aliphatic heterocycles. The summed E-state index contributed by atoms with van der Waals surface area (Å²) in [5.74, 6) is 0.909. The lowest BCUT2D eigenvalue weighted by atomic mass is 10.1. The third kappa shape index (κ3) is 1.92. The quantitative estimate of drug-likeness (QED) is 0.708. The van der Waals surface area contributed by atoms with Crippen LogP contribution in [0.2, 0.25) is 0 Å². The number of pyridine rings is 1. The molecular formula is C11H14N4. The molecule has 0 aromatic carbocycles. The number of nitrogens with zero attached hydrogens (tertiary/aromatic N) is 4. The molecule has 2 rings (SSSR count). The van der Waals surface area contributed by atoms with E-state index < -0.39 is 0 Å². The molecule has 78 valence electrons. The van der Waals surface area contributed by atoms with E-state index in [4.69, 9.17) is 5.26 Å². The predicted octanol–water partition coefficient (Wildman–Crippen LogP) is 0.703. The molecule has 0 spiro atoms. The molecule has 0 unspecified atom stereocenters. The molecule has 1 aromatic heterocycles. The van der Waals surface area contributed by atoms with Crippen LogP contribution in [0.5, 0.6) is 0 Å². The number of hydrogen-bond acceptors (Lipinski definition) is 4. The molecule has 4 heteroatoms. The number of likely N-dealkylation sites (N-methyl/N-ethyl adjacent to an activating group) is 1. The Morgan fingerprint density at radius 2 is 2.20 bits per heavy atom. The van der Waals surface area contributed by atoms with Crippen LogP contribution in [-0.4, -0.2) is 43.1 Å². The topological polar surface area (TPSA) is 43.2 Å². The lowest BCUT2D eigenvalue weighted by Crippen LogP contribution is -2.57. The Morgan fingerprint density at radius 3 is 2.80 bits per heavy atom. The van der Waals surface area contributed by atoms with Crippen LogP contribution < -0.4 is 4.90 Å². The van der Waals surface area contributed by atoms with Gasteiger partial charge in [-0.15, -0.1) is 0 Å². The summed E-state index contributed by atoms with van der Waals surface area (Å²) in [4.78, 5) is 8.65. The first kappa shape index (κ1) is 9.94. The minimum atomic E-state index is 0.487. The molecule has 0 saturated carbocycles. The third-order valence-corrected chi connectivity index (χ3v) is 2.77. The van der Waals surface area contributed by atoms with Crippen molar-refractivity contribution in [2.75, 3.05) is 32.1 Å². The minimum absolute atomic E-state index is 0.487. The lowest BCUT2D eigenvalue weighted by Gasteiger charge is -2.43. The summed E-state index contributed by atoms with van der Waals surface area (Å²) < 4.78 is 0. The average Bonchev–Trinajstić information content (AvgIpc) is 2.15. The van der Waals surface area contributed by atoms with E-state index in [0.29, 0.717) is 11.7 Å². The second-order valence-corrected chi connectivity index (χ2v) is 4.02. The van der Waals surface area contributed by atoms with Gasteiger partial charge in [0, 0.05) is 19.1 Å². The summed E-state index contributed by atoms with van der Waals surface area (Å²) in [6.45, 7) is 1.99. The van der Waals surface area contributed by atoms with Crippen LogP contribution in [0.15, 0.2) is 18.2 Å². The van der Waals surface area contributed by atoms with Gasteiger partial charge >= 0.3 is 0 Å².